The molecule has 6 nitrogen and oxygen atoms in total. The molecule has 0 radical (unpaired) electrons. The molecule has 122 valence electrons. The molecular weight excluding hydrogens is 344 g/mol. The SMILES string of the molecule is CC(C)c1nnc(NS(=O)(=O)c2ccc(CCN)cc2)s1.Cl. The molecule has 2 rings (SSSR count). The van der Waals surface area contributed by atoms with Crippen molar-refractivity contribution >= 4 is 38.9 Å². The van der Waals surface area contributed by atoms with Gasteiger partial charge in [0.25, 0.3) is 10.0 Å². The molecule has 0 aliphatic heterocycles. The van der Waals surface area contributed by atoms with Crippen molar-refractivity contribution in [1.82, 2.24) is 10.2 Å². The molecule has 1 aromatic heterocycles. The van der Waals surface area contributed by atoms with Crippen LogP contribution in [-0.2, 0) is 16.4 Å². The van der Waals surface area contributed by atoms with E-state index in [2.05, 4.69) is 14.9 Å². The number of aromatic nitrogens is 2. The summed E-state index contributed by atoms with van der Waals surface area (Å²) in [4.78, 5) is 0.199. The van der Waals surface area contributed by atoms with Gasteiger partial charge in [-0.15, -0.1) is 22.6 Å². The molecule has 0 bridgehead atoms. The number of hydrogen-bond acceptors (Lipinski definition) is 6. The Kier molecular flexibility index (Phi) is 6.73. The lowest BCUT2D eigenvalue weighted by molar-refractivity contribution is 0.601. The number of nitrogens with one attached hydrogen (secondary N) is 1. The Morgan fingerprint density at radius 3 is 2.36 bits per heavy atom. The fraction of sp³-hybridized carbons (Fsp3) is 0.385. The van der Waals surface area contributed by atoms with Crippen molar-refractivity contribution in [1.29, 1.82) is 0 Å². The van der Waals surface area contributed by atoms with E-state index >= 15 is 0 Å². The summed E-state index contributed by atoms with van der Waals surface area (Å²) in [5, 5.41) is 8.90. The molecule has 0 spiro atoms. The molecule has 1 aromatic carbocycles. The first kappa shape index (κ1) is 18.8. The lowest BCUT2D eigenvalue weighted by Crippen LogP contribution is -2.13. The van der Waals surface area contributed by atoms with Gasteiger partial charge >= 0.3 is 0 Å². The summed E-state index contributed by atoms with van der Waals surface area (Å²) in [6.07, 6.45) is 0.724. The third kappa shape index (κ3) is 4.64. The van der Waals surface area contributed by atoms with Crippen LogP contribution in [0.15, 0.2) is 29.2 Å². The third-order valence-electron chi connectivity index (χ3n) is 2.82. The van der Waals surface area contributed by atoms with Crippen molar-refractivity contribution < 1.29 is 8.42 Å². The number of anilines is 1. The zero-order valence-electron chi connectivity index (χ0n) is 12.3. The second kappa shape index (κ2) is 7.87. The van der Waals surface area contributed by atoms with Gasteiger partial charge in [-0.3, -0.25) is 4.72 Å². The van der Waals surface area contributed by atoms with E-state index in [0.717, 1.165) is 17.0 Å². The Labute approximate surface area is 140 Å². The molecule has 2 aromatic rings. The van der Waals surface area contributed by atoms with E-state index in [1.807, 2.05) is 13.8 Å². The average molecular weight is 363 g/mol. The molecule has 0 unspecified atom stereocenters. The lowest BCUT2D eigenvalue weighted by Gasteiger charge is -2.05. The number of halogens is 1. The zero-order chi connectivity index (χ0) is 15.5. The average Bonchev–Trinajstić information content (AvgIpc) is 2.88. The van der Waals surface area contributed by atoms with Crippen molar-refractivity contribution in [3.8, 4) is 0 Å². The summed E-state index contributed by atoms with van der Waals surface area (Å²) in [6, 6.07) is 6.66. The van der Waals surface area contributed by atoms with E-state index in [-0.39, 0.29) is 28.4 Å². The third-order valence-corrected chi connectivity index (χ3v) is 5.45. The molecule has 0 aliphatic carbocycles. The van der Waals surface area contributed by atoms with Crippen LogP contribution in [0.1, 0.15) is 30.3 Å². The van der Waals surface area contributed by atoms with E-state index in [4.69, 9.17) is 5.73 Å². The predicted molar refractivity (Wildman–Crippen MR) is 91.3 cm³/mol. The van der Waals surface area contributed by atoms with Crippen LogP contribution in [-0.4, -0.2) is 25.2 Å². The first-order chi connectivity index (χ1) is 9.92. The Morgan fingerprint density at radius 2 is 1.86 bits per heavy atom. The second-order valence-electron chi connectivity index (χ2n) is 4.89. The molecule has 22 heavy (non-hydrogen) atoms. The van der Waals surface area contributed by atoms with Crippen molar-refractivity contribution in [2.45, 2.75) is 31.1 Å². The van der Waals surface area contributed by atoms with Crippen LogP contribution >= 0.6 is 23.7 Å². The van der Waals surface area contributed by atoms with Crippen LogP contribution in [0.2, 0.25) is 0 Å². The number of rotatable bonds is 6. The van der Waals surface area contributed by atoms with E-state index in [1.165, 1.54) is 11.3 Å². The zero-order valence-corrected chi connectivity index (χ0v) is 14.8. The van der Waals surface area contributed by atoms with Gasteiger partial charge in [-0.05, 0) is 30.7 Å². The normalized spacial score (nSPS) is 11.3. The molecule has 0 fully saturated rings. The predicted octanol–water partition coefficient (Wildman–Crippen LogP) is 2.39. The molecular formula is C13H19ClN4O2S2. The van der Waals surface area contributed by atoms with Gasteiger partial charge in [0.05, 0.1) is 4.90 Å². The number of sulfonamides is 1. The maximum atomic E-state index is 12.3. The highest BCUT2D eigenvalue weighted by atomic mass is 35.5. The second-order valence-corrected chi connectivity index (χ2v) is 7.58. The highest BCUT2D eigenvalue weighted by Crippen LogP contribution is 2.24. The molecule has 0 atom stereocenters. The summed E-state index contributed by atoms with van der Waals surface area (Å²) in [6.45, 7) is 4.50. The molecule has 9 heteroatoms. The van der Waals surface area contributed by atoms with E-state index in [0.29, 0.717) is 6.54 Å². The standard InChI is InChI=1S/C13H18N4O2S2.ClH/c1-9(2)12-15-16-13(20-12)17-21(18,19)11-5-3-10(4-6-11)7-8-14;/h3-6,9H,7-8,14H2,1-2H3,(H,16,17);1H. The van der Waals surface area contributed by atoms with Crippen LogP contribution in [0.5, 0.6) is 0 Å². The van der Waals surface area contributed by atoms with Crippen LogP contribution < -0.4 is 10.5 Å². The minimum Gasteiger partial charge on any atom is -0.330 e. The maximum absolute atomic E-state index is 12.3. The van der Waals surface area contributed by atoms with Gasteiger partial charge in [0.2, 0.25) is 5.13 Å². The highest BCUT2D eigenvalue weighted by molar-refractivity contribution is 7.93. The van der Waals surface area contributed by atoms with Gasteiger partial charge in [0.1, 0.15) is 5.01 Å². The van der Waals surface area contributed by atoms with Crippen molar-refractivity contribution in [2.24, 2.45) is 5.73 Å². The van der Waals surface area contributed by atoms with Crippen molar-refractivity contribution in [3.63, 3.8) is 0 Å². The van der Waals surface area contributed by atoms with Crippen molar-refractivity contribution in [2.75, 3.05) is 11.3 Å². The number of nitrogens with zero attached hydrogens (tertiary/aromatic N) is 2. The Hall–Kier alpha value is -1.22. The highest BCUT2D eigenvalue weighted by Gasteiger charge is 2.17. The largest absolute Gasteiger partial charge is 0.330 e. The Morgan fingerprint density at radius 1 is 1.23 bits per heavy atom. The summed E-state index contributed by atoms with van der Waals surface area (Å²) in [5.74, 6) is 0.219. The van der Waals surface area contributed by atoms with Gasteiger partial charge in [-0.25, -0.2) is 8.42 Å². The van der Waals surface area contributed by atoms with Gasteiger partial charge in [0.15, 0.2) is 0 Å². The molecule has 3 N–H and O–H groups in total. The molecule has 0 saturated heterocycles. The fourth-order valence-electron chi connectivity index (χ4n) is 1.68. The smallest absolute Gasteiger partial charge is 0.263 e. The van der Waals surface area contributed by atoms with Crippen LogP contribution in [0.25, 0.3) is 0 Å². The van der Waals surface area contributed by atoms with Gasteiger partial charge in [-0.2, -0.15) is 0 Å². The topological polar surface area (TPSA) is 98.0 Å². The Bertz CT molecular complexity index is 699. The molecule has 0 saturated carbocycles. The van der Waals surface area contributed by atoms with Crippen LogP contribution in [0, 0.1) is 0 Å². The first-order valence-electron chi connectivity index (χ1n) is 6.57. The van der Waals surface area contributed by atoms with Crippen molar-refractivity contribution in [3.05, 3.63) is 34.8 Å². The van der Waals surface area contributed by atoms with Gasteiger partial charge < -0.3 is 5.73 Å². The van der Waals surface area contributed by atoms with Gasteiger partial charge in [0, 0.05) is 5.92 Å². The van der Waals surface area contributed by atoms with E-state index < -0.39 is 10.0 Å². The molecule has 1 heterocycles. The quantitative estimate of drug-likeness (QED) is 0.822. The number of nitrogens with two attached hydrogens (primary N) is 1. The molecule has 0 aliphatic rings. The molecule has 0 amide bonds. The summed E-state index contributed by atoms with van der Waals surface area (Å²) < 4.78 is 27.0. The number of benzene rings is 1. The lowest BCUT2D eigenvalue weighted by atomic mass is 10.2. The van der Waals surface area contributed by atoms with E-state index in [9.17, 15) is 8.42 Å². The Balaban J connectivity index is 0.00000242. The van der Waals surface area contributed by atoms with Crippen LogP contribution in [0.4, 0.5) is 5.13 Å². The summed E-state index contributed by atoms with van der Waals surface area (Å²) >= 11 is 1.24. The maximum Gasteiger partial charge on any atom is 0.263 e. The summed E-state index contributed by atoms with van der Waals surface area (Å²) in [5.41, 5.74) is 6.48. The van der Waals surface area contributed by atoms with Crippen LogP contribution in [0.3, 0.4) is 0 Å². The minimum absolute atomic E-state index is 0. The fourth-order valence-corrected chi connectivity index (χ4v) is 3.66. The van der Waals surface area contributed by atoms with E-state index in [1.54, 1.807) is 24.3 Å². The first-order valence-corrected chi connectivity index (χ1v) is 8.87. The minimum atomic E-state index is -3.63. The number of hydrogen-bond donors (Lipinski definition) is 2. The summed E-state index contributed by atoms with van der Waals surface area (Å²) in [7, 11) is -3.63. The van der Waals surface area contributed by atoms with Gasteiger partial charge in [-0.1, -0.05) is 37.3 Å². The monoisotopic (exact) mass is 362 g/mol.